The summed E-state index contributed by atoms with van der Waals surface area (Å²) in [6.45, 7) is 2.03. The minimum absolute atomic E-state index is 0.215. The van der Waals surface area contributed by atoms with Gasteiger partial charge in [-0.3, -0.25) is 4.57 Å². The molecule has 0 aliphatic carbocycles. The van der Waals surface area contributed by atoms with E-state index in [0.29, 0.717) is 15.9 Å². The number of hydrogen-bond acceptors (Lipinski definition) is 3. The molecule has 1 aromatic heterocycles. The van der Waals surface area contributed by atoms with Crippen molar-refractivity contribution in [3.05, 3.63) is 70.5 Å². The standard InChI is InChI=1S/C18H14Cl2N2O2/c1-2-24-18(23)16-11-22(13-7-5-6-12(19)10-13)17(21-16)14-8-3-4-9-15(14)20/h3-11H,2H2,1H3. The molecule has 6 heteroatoms. The van der Waals surface area contributed by atoms with E-state index in [1.54, 1.807) is 35.9 Å². The van der Waals surface area contributed by atoms with Crippen LogP contribution in [0.4, 0.5) is 0 Å². The van der Waals surface area contributed by atoms with E-state index in [1.165, 1.54) is 0 Å². The average Bonchev–Trinajstić information content (AvgIpc) is 3.01. The van der Waals surface area contributed by atoms with E-state index < -0.39 is 5.97 Å². The van der Waals surface area contributed by atoms with E-state index in [1.807, 2.05) is 30.3 Å². The molecule has 0 radical (unpaired) electrons. The monoisotopic (exact) mass is 360 g/mol. The van der Waals surface area contributed by atoms with Crippen molar-refractivity contribution >= 4 is 29.2 Å². The maximum Gasteiger partial charge on any atom is 0.358 e. The van der Waals surface area contributed by atoms with Crippen LogP contribution in [-0.4, -0.2) is 22.1 Å². The first kappa shape index (κ1) is 16.6. The lowest BCUT2D eigenvalue weighted by Crippen LogP contribution is -2.04. The van der Waals surface area contributed by atoms with Gasteiger partial charge in [0.2, 0.25) is 0 Å². The summed E-state index contributed by atoms with van der Waals surface area (Å²) in [4.78, 5) is 16.5. The van der Waals surface area contributed by atoms with Gasteiger partial charge in [0.25, 0.3) is 0 Å². The van der Waals surface area contributed by atoms with E-state index in [2.05, 4.69) is 4.98 Å². The minimum atomic E-state index is -0.480. The van der Waals surface area contributed by atoms with Gasteiger partial charge in [0.05, 0.1) is 11.6 Å². The van der Waals surface area contributed by atoms with Crippen LogP contribution in [0.2, 0.25) is 10.0 Å². The normalized spacial score (nSPS) is 10.6. The van der Waals surface area contributed by atoms with Crippen LogP contribution < -0.4 is 0 Å². The van der Waals surface area contributed by atoms with Gasteiger partial charge in [-0.2, -0.15) is 0 Å². The molecule has 0 N–H and O–H groups in total. The van der Waals surface area contributed by atoms with Crippen LogP contribution in [0, 0.1) is 0 Å². The van der Waals surface area contributed by atoms with Gasteiger partial charge in [-0.15, -0.1) is 0 Å². The second-order valence-electron chi connectivity index (χ2n) is 5.00. The second kappa shape index (κ2) is 7.07. The highest BCUT2D eigenvalue weighted by molar-refractivity contribution is 6.33. The molecule has 0 saturated heterocycles. The Balaban J connectivity index is 2.19. The van der Waals surface area contributed by atoms with Gasteiger partial charge < -0.3 is 4.74 Å². The van der Waals surface area contributed by atoms with Gasteiger partial charge in [-0.25, -0.2) is 9.78 Å². The summed E-state index contributed by atoms with van der Waals surface area (Å²) in [5.41, 5.74) is 1.71. The SMILES string of the molecule is CCOC(=O)c1cn(-c2cccc(Cl)c2)c(-c2ccccc2Cl)n1. The summed E-state index contributed by atoms with van der Waals surface area (Å²) in [6.07, 6.45) is 1.63. The number of nitrogens with zero attached hydrogens (tertiary/aromatic N) is 2. The maximum absolute atomic E-state index is 12.1. The summed E-state index contributed by atoms with van der Waals surface area (Å²) < 4.78 is 6.83. The van der Waals surface area contributed by atoms with E-state index in [0.717, 1.165) is 11.3 Å². The van der Waals surface area contributed by atoms with Crippen molar-refractivity contribution in [2.24, 2.45) is 0 Å². The number of carbonyl (C=O) groups is 1. The average molecular weight is 361 g/mol. The number of hydrogen-bond donors (Lipinski definition) is 0. The number of imidazole rings is 1. The number of esters is 1. The van der Waals surface area contributed by atoms with Gasteiger partial charge in [0.15, 0.2) is 5.69 Å². The molecule has 1 heterocycles. The lowest BCUT2D eigenvalue weighted by molar-refractivity contribution is 0.0520. The van der Waals surface area contributed by atoms with Gasteiger partial charge in [0.1, 0.15) is 5.82 Å². The zero-order valence-corrected chi connectivity index (χ0v) is 14.4. The number of halogens is 2. The lowest BCUT2D eigenvalue weighted by atomic mass is 10.2. The Kier molecular flexibility index (Phi) is 4.88. The molecule has 0 spiro atoms. The van der Waals surface area contributed by atoms with Crippen molar-refractivity contribution < 1.29 is 9.53 Å². The summed E-state index contributed by atoms with van der Waals surface area (Å²) in [5.74, 6) is 0.0671. The molecule has 0 atom stereocenters. The van der Waals surface area contributed by atoms with Crippen molar-refractivity contribution in [1.29, 1.82) is 0 Å². The molecule has 4 nitrogen and oxygen atoms in total. The molecule has 0 aliphatic heterocycles. The molecule has 0 bridgehead atoms. The van der Waals surface area contributed by atoms with E-state index >= 15 is 0 Å². The predicted octanol–water partition coefficient (Wildman–Crippen LogP) is 5.02. The Labute approximate surface area is 149 Å². The Bertz CT molecular complexity index is 890. The molecule has 122 valence electrons. The molecule has 0 fully saturated rings. The van der Waals surface area contributed by atoms with Crippen LogP contribution >= 0.6 is 23.2 Å². The molecule has 24 heavy (non-hydrogen) atoms. The third-order valence-electron chi connectivity index (χ3n) is 3.39. The van der Waals surface area contributed by atoms with Crippen LogP contribution in [0.3, 0.4) is 0 Å². The number of aromatic nitrogens is 2. The first-order valence-corrected chi connectivity index (χ1v) is 8.13. The summed E-state index contributed by atoms with van der Waals surface area (Å²) >= 11 is 12.4. The number of rotatable bonds is 4. The number of carbonyl (C=O) groups excluding carboxylic acids is 1. The van der Waals surface area contributed by atoms with Crippen LogP contribution in [-0.2, 0) is 4.74 Å². The van der Waals surface area contributed by atoms with E-state index in [-0.39, 0.29) is 12.3 Å². The molecule has 0 amide bonds. The van der Waals surface area contributed by atoms with Gasteiger partial charge in [-0.1, -0.05) is 41.4 Å². The first-order chi connectivity index (χ1) is 11.6. The van der Waals surface area contributed by atoms with Crippen molar-refractivity contribution in [3.63, 3.8) is 0 Å². The van der Waals surface area contributed by atoms with Crippen molar-refractivity contribution in [1.82, 2.24) is 9.55 Å². The highest BCUT2D eigenvalue weighted by atomic mass is 35.5. The quantitative estimate of drug-likeness (QED) is 0.613. The van der Waals surface area contributed by atoms with E-state index in [9.17, 15) is 4.79 Å². The van der Waals surface area contributed by atoms with Gasteiger partial charge in [0, 0.05) is 22.5 Å². The number of benzene rings is 2. The molecule has 3 aromatic rings. The van der Waals surface area contributed by atoms with Crippen molar-refractivity contribution in [3.8, 4) is 17.1 Å². The van der Waals surface area contributed by atoms with Crippen LogP contribution in [0.15, 0.2) is 54.7 Å². The minimum Gasteiger partial charge on any atom is -0.461 e. The molecule has 2 aromatic carbocycles. The Hall–Kier alpha value is -2.30. The fourth-order valence-corrected chi connectivity index (χ4v) is 2.74. The highest BCUT2D eigenvalue weighted by Gasteiger charge is 2.19. The third kappa shape index (κ3) is 3.30. The fraction of sp³-hybridized carbons (Fsp3) is 0.111. The zero-order chi connectivity index (χ0) is 17.1. The summed E-state index contributed by atoms with van der Waals surface area (Å²) in [5, 5.41) is 1.13. The molecular weight excluding hydrogens is 347 g/mol. The largest absolute Gasteiger partial charge is 0.461 e. The topological polar surface area (TPSA) is 44.1 Å². The van der Waals surface area contributed by atoms with Gasteiger partial charge >= 0.3 is 5.97 Å². The lowest BCUT2D eigenvalue weighted by Gasteiger charge is -2.09. The third-order valence-corrected chi connectivity index (χ3v) is 3.96. The van der Waals surface area contributed by atoms with Crippen LogP contribution in [0.5, 0.6) is 0 Å². The van der Waals surface area contributed by atoms with E-state index in [4.69, 9.17) is 27.9 Å². The molecule has 0 unspecified atom stereocenters. The molecule has 0 aliphatic rings. The maximum atomic E-state index is 12.1. The van der Waals surface area contributed by atoms with Crippen molar-refractivity contribution in [2.45, 2.75) is 6.92 Å². The van der Waals surface area contributed by atoms with Crippen LogP contribution in [0.25, 0.3) is 17.1 Å². The molecule has 3 rings (SSSR count). The summed E-state index contributed by atoms with van der Waals surface area (Å²) in [7, 11) is 0. The second-order valence-corrected chi connectivity index (χ2v) is 5.84. The Morgan fingerprint density at radius 3 is 2.67 bits per heavy atom. The van der Waals surface area contributed by atoms with Crippen molar-refractivity contribution in [2.75, 3.05) is 6.61 Å². The molecular formula is C18H14Cl2N2O2. The number of ether oxygens (including phenoxy) is 1. The predicted molar refractivity (Wildman–Crippen MR) is 95.0 cm³/mol. The highest BCUT2D eigenvalue weighted by Crippen LogP contribution is 2.30. The fourth-order valence-electron chi connectivity index (χ4n) is 2.34. The van der Waals surface area contributed by atoms with Crippen LogP contribution in [0.1, 0.15) is 17.4 Å². The smallest absolute Gasteiger partial charge is 0.358 e. The molecule has 0 saturated carbocycles. The Morgan fingerprint density at radius 2 is 1.96 bits per heavy atom. The summed E-state index contributed by atoms with van der Waals surface area (Å²) in [6, 6.07) is 14.6. The van der Waals surface area contributed by atoms with Gasteiger partial charge in [-0.05, 0) is 37.3 Å². The first-order valence-electron chi connectivity index (χ1n) is 7.37. The Morgan fingerprint density at radius 1 is 1.17 bits per heavy atom. The zero-order valence-electron chi connectivity index (χ0n) is 12.9.